The zero-order valence-electron chi connectivity index (χ0n) is 19.9. The Morgan fingerprint density at radius 3 is 2.51 bits per heavy atom. The summed E-state index contributed by atoms with van der Waals surface area (Å²) in [5.41, 5.74) is 3.29. The molecule has 4 aromatic rings. The van der Waals surface area contributed by atoms with Gasteiger partial charge in [-0.2, -0.15) is 5.10 Å². The normalized spacial score (nSPS) is 11.9. The van der Waals surface area contributed by atoms with Crippen molar-refractivity contribution in [1.82, 2.24) is 20.1 Å². The molecule has 0 spiro atoms. The molecule has 4 rings (SSSR count). The van der Waals surface area contributed by atoms with Crippen molar-refractivity contribution in [3.05, 3.63) is 75.5 Å². The molecule has 0 bridgehead atoms. The summed E-state index contributed by atoms with van der Waals surface area (Å²) in [7, 11) is 1.58. The average Bonchev–Trinajstić information content (AvgIpc) is 3.29. The highest BCUT2D eigenvalue weighted by Gasteiger charge is 2.14. The molecule has 9 heteroatoms. The summed E-state index contributed by atoms with van der Waals surface area (Å²) in [4.78, 5) is 40.7. The summed E-state index contributed by atoms with van der Waals surface area (Å²) in [5.74, 6) is -0.260. The second kappa shape index (κ2) is 10.6. The van der Waals surface area contributed by atoms with Crippen molar-refractivity contribution < 1.29 is 9.59 Å². The maximum atomic E-state index is 12.7. The summed E-state index contributed by atoms with van der Waals surface area (Å²) < 4.78 is 1.26. The lowest BCUT2D eigenvalue weighted by molar-refractivity contribution is -0.119. The van der Waals surface area contributed by atoms with Gasteiger partial charge in [-0.05, 0) is 31.4 Å². The van der Waals surface area contributed by atoms with Gasteiger partial charge in [-0.3, -0.25) is 14.4 Å². The minimum atomic E-state index is -0.245. The third-order valence-electron chi connectivity index (χ3n) is 5.68. The predicted octanol–water partition coefficient (Wildman–Crippen LogP) is 3.70. The van der Waals surface area contributed by atoms with Crippen LogP contribution in [-0.2, 0) is 29.5 Å². The van der Waals surface area contributed by atoms with E-state index in [0.717, 1.165) is 24.1 Å². The minimum Gasteiger partial charge on any atom is -0.354 e. The van der Waals surface area contributed by atoms with Crippen molar-refractivity contribution in [3.63, 3.8) is 0 Å². The van der Waals surface area contributed by atoms with Gasteiger partial charge in [-0.15, -0.1) is 11.3 Å². The van der Waals surface area contributed by atoms with Crippen LogP contribution >= 0.6 is 11.3 Å². The Bertz CT molecular complexity index is 1430. The zero-order chi connectivity index (χ0) is 24.9. The van der Waals surface area contributed by atoms with Gasteiger partial charge in [-0.25, -0.2) is 9.67 Å². The Balaban J connectivity index is 1.39. The average molecular weight is 490 g/mol. The minimum absolute atomic E-state index is 0.0155. The summed E-state index contributed by atoms with van der Waals surface area (Å²) in [5, 5.41) is 13.7. The number of aromatic nitrogens is 3. The monoisotopic (exact) mass is 489 g/mol. The van der Waals surface area contributed by atoms with Crippen LogP contribution in [0.25, 0.3) is 22.0 Å². The number of thiazole rings is 1. The molecule has 2 heterocycles. The molecule has 0 aliphatic carbocycles. The molecule has 8 nitrogen and oxygen atoms in total. The molecule has 2 aromatic carbocycles. The number of nitrogens with zero attached hydrogens (tertiary/aromatic N) is 3. The lowest BCUT2D eigenvalue weighted by Crippen LogP contribution is -2.30. The van der Waals surface area contributed by atoms with Gasteiger partial charge in [-0.1, -0.05) is 42.5 Å². The summed E-state index contributed by atoms with van der Waals surface area (Å²) >= 11 is 1.36. The molecule has 180 valence electrons. The number of carbonyl (C=O) groups excluding carboxylic acids is 2. The van der Waals surface area contributed by atoms with Crippen molar-refractivity contribution in [2.24, 2.45) is 7.05 Å². The number of benzene rings is 2. The van der Waals surface area contributed by atoms with Crippen molar-refractivity contribution in [2.45, 2.75) is 39.2 Å². The molecule has 0 saturated heterocycles. The fourth-order valence-electron chi connectivity index (χ4n) is 3.93. The van der Waals surface area contributed by atoms with Gasteiger partial charge >= 0.3 is 0 Å². The third-order valence-corrected chi connectivity index (χ3v) is 6.43. The van der Waals surface area contributed by atoms with E-state index in [-0.39, 0.29) is 29.8 Å². The standard InChI is InChI=1S/C26H27N5O3S/c1-16(27-17(2)32)8-9-18-10-12-19(13-11-18)23-15-35-26(28-23)29-24(33)14-22-20-6-4-5-7-21(20)25(34)31(3)30-22/h4-7,10-13,15-16H,8-9,14H2,1-3H3,(H,27,32)(H,28,29,33). The van der Waals surface area contributed by atoms with Crippen LogP contribution in [0, 0.1) is 0 Å². The van der Waals surface area contributed by atoms with Gasteiger partial charge in [0.2, 0.25) is 11.8 Å². The van der Waals surface area contributed by atoms with Crippen LogP contribution in [0.3, 0.4) is 0 Å². The quantitative estimate of drug-likeness (QED) is 0.393. The lowest BCUT2D eigenvalue weighted by Gasteiger charge is -2.12. The van der Waals surface area contributed by atoms with E-state index in [1.54, 1.807) is 25.2 Å². The van der Waals surface area contributed by atoms with E-state index >= 15 is 0 Å². The fourth-order valence-corrected chi connectivity index (χ4v) is 4.67. The molecule has 0 fully saturated rings. The maximum Gasteiger partial charge on any atom is 0.274 e. The molecule has 1 atom stereocenters. The maximum absolute atomic E-state index is 12.7. The first kappa shape index (κ1) is 24.3. The number of fused-ring (bicyclic) bond motifs is 1. The molecular weight excluding hydrogens is 462 g/mol. The Morgan fingerprint density at radius 1 is 1.09 bits per heavy atom. The number of hydrogen-bond acceptors (Lipinski definition) is 6. The number of anilines is 1. The second-order valence-corrected chi connectivity index (χ2v) is 9.38. The van der Waals surface area contributed by atoms with Crippen LogP contribution < -0.4 is 16.2 Å². The van der Waals surface area contributed by atoms with Crippen LogP contribution in [0.4, 0.5) is 5.13 Å². The number of hydrogen-bond donors (Lipinski definition) is 2. The van der Waals surface area contributed by atoms with Gasteiger partial charge in [0.1, 0.15) is 0 Å². The largest absolute Gasteiger partial charge is 0.354 e. The van der Waals surface area contributed by atoms with Gasteiger partial charge < -0.3 is 10.6 Å². The third kappa shape index (κ3) is 5.99. The molecule has 0 radical (unpaired) electrons. The van der Waals surface area contributed by atoms with Gasteiger partial charge in [0.05, 0.1) is 23.2 Å². The van der Waals surface area contributed by atoms with Crippen molar-refractivity contribution >= 4 is 39.1 Å². The molecule has 0 aliphatic rings. The summed E-state index contributed by atoms with van der Waals surface area (Å²) in [6.45, 7) is 3.53. The van der Waals surface area contributed by atoms with Crippen LogP contribution in [0.15, 0.2) is 58.7 Å². The van der Waals surface area contributed by atoms with E-state index in [2.05, 4.69) is 32.8 Å². The fraction of sp³-hybridized carbons (Fsp3) is 0.269. The van der Waals surface area contributed by atoms with Crippen molar-refractivity contribution in [3.8, 4) is 11.3 Å². The predicted molar refractivity (Wildman–Crippen MR) is 138 cm³/mol. The van der Waals surface area contributed by atoms with E-state index in [1.165, 1.54) is 28.5 Å². The highest BCUT2D eigenvalue weighted by Crippen LogP contribution is 2.26. The van der Waals surface area contributed by atoms with Crippen molar-refractivity contribution in [2.75, 3.05) is 5.32 Å². The van der Waals surface area contributed by atoms with Crippen LogP contribution in [-0.4, -0.2) is 32.6 Å². The molecule has 1 unspecified atom stereocenters. The zero-order valence-corrected chi connectivity index (χ0v) is 20.7. The second-order valence-electron chi connectivity index (χ2n) is 8.52. The van der Waals surface area contributed by atoms with Crippen LogP contribution in [0.2, 0.25) is 0 Å². The van der Waals surface area contributed by atoms with Gasteiger partial charge in [0.15, 0.2) is 5.13 Å². The first-order chi connectivity index (χ1) is 16.8. The number of carbonyl (C=O) groups is 2. The van der Waals surface area contributed by atoms with E-state index in [0.29, 0.717) is 21.6 Å². The number of aryl methyl sites for hydroxylation is 2. The molecule has 2 amide bonds. The van der Waals surface area contributed by atoms with Crippen molar-refractivity contribution in [1.29, 1.82) is 0 Å². The first-order valence-corrected chi connectivity index (χ1v) is 12.2. The molecular formula is C26H27N5O3S. The van der Waals surface area contributed by atoms with E-state index in [4.69, 9.17) is 0 Å². The van der Waals surface area contributed by atoms with Crippen LogP contribution in [0.1, 0.15) is 31.5 Å². The lowest BCUT2D eigenvalue weighted by atomic mass is 10.0. The summed E-state index contributed by atoms with van der Waals surface area (Å²) in [6, 6.07) is 15.4. The molecule has 2 aromatic heterocycles. The number of rotatable bonds is 8. The smallest absolute Gasteiger partial charge is 0.274 e. The van der Waals surface area contributed by atoms with E-state index in [9.17, 15) is 14.4 Å². The van der Waals surface area contributed by atoms with E-state index in [1.807, 2.05) is 30.5 Å². The highest BCUT2D eigenvalue weighted by molar-refractivity contribution is 7.14. The Morgan fingerprint density at radius 2 is 1.80 bits per heavy atom. The van der Waals surface area contributed by atoms with E-state index < -0.39 is 0 Å². The first-order valence-electron chi connectivity index (χ1n) is 11.4. The SMILES string of the molecule is CC(=O)NC(C)CCc1ccc(-c2csc(NC(=O)Cc3nn(C)c(=O)c4ccccc34)n2)cc1. The van der Waals surface area contributed by atoms with Gasteiger partial charge in [0.25, 0.3) is 5.56 Å². The number of amides is 2. The molecule has 35 heavy (non-hydrogen) atoms. The van der Waals surface area contributed by atoms with Crippen LogP contribution in [0.5, 0.6) is 0 Å². The number of nitrogens with one attached hydrogen (secondary N) is 2. The molecule has 2 N–H and O–H groups in total. The Hall–Kier alpha value is -3.85. The van der Waals surface area contributed by atoms with Gasteiger partial charge in [0, 0.05) is 36.3 Å². The highest BCUT2D eigenvalue weighted by atomic mass is 32.1. The Labute approximate surface area is 207 Å². The molecule has 0 aliphatic heterocycles. The topological polar surface area (TPSA) is 106 Å². The molecule has 0 saturated carbocycles. The Kier molecular flexibility index (Phi) is 7.36. The summed E-state index contributed by atoms with van der Waals surface area (Å²) in [6.07, 6.45) is 1.77.